The third-order valence-electron chi connectivity index (χ3n) is 5.75. The Balaban J connectivity index is 1.60. The van der Waals surface area contributed by atoms with Crippen molar-refractivity contribution in [2.24, 2.45) is 11.8 Å². The normalized spacial score (nSPS) is 23.7. The molecule has 1 saturated carbocycles. The van der Waals surface area contributed by atoms with Crippen molar-refractivity contribution in [3.8, 4) is 5.75 Å². The number of imide groups is 1. The summed E-state index contributed by atoms with van der Waals surface area (Å²) >= 11 is 0. The third-order valence-corrected chi connectivity index (χ3v) is 5.75. The number of likely N-dealkylation sites (N-methyl/N-ethyl adjacent to an activating group) is 1. The van der Waals surface area contributed by atoms with Crippen LogP contribution in [0.5, 0.6) is 5.75 Å². The van der Waals surface area contributed by atoms with Gasteiger partial charge in [-0.25, -0.2) is 0 Å². The van der Waals surface area contributed by atoms with Gasteiger partial charge in [-0.2, -0.15) is 0 Å². The number of nitrogens with zero attached hydrogens (tertiary/aromatic N) is 2. The molecule has 1 saturated heterocycles. The molecular weight excluding hydrogens is 332 g/mol. The fraction of sp³-hybridized carbons (Fsp3) is 0.550. The summed E-state index contributed by atoms with van der Waals surface area (Å²) in [5.74, 6) is -0.803. The van der Waals surface area contributed by atoms with E-state index in [-0.39, 0.29) is 47.9 Å². The first-order valence-electron chi connectivity index (χ1n) is 9.27. The first-order chi connectivity index (χ1) is 12.4. The lowest BCUT2D eigenvalue weighted by Gasteiger charge is -2.27. The number of amides is 3. The van der Waals surface area contributed by atoms with Gasteiger partial charge in [-0.3, -0.25) is 19.3 Å². The lowest BCUT2D eigenvalue weighted by atomic mass is 9.81. The molecule has 3 rings (SSSR count). The van der Waals surface area contributed by atoms with Gasteiger partial charge in [0.25, 0.3) is 0 Å². The minimum absolute atomic E-state index is 0.0814. The highest BCUT2D eigenvalue weighted by atomic mass is 16.3. The molecule has 1 aliphatic heterocycles. The van der Waals surface area contributed by atoms with Gasteiger partial charge in [-0.1, -0.05) is 25.0 Å². The van der Waals surface area contributed by atoms with E-state index in [2.05, 4.69) is 0 Å². The Hall–Kier alpha value is -2.37. The molecule has 1 aromatic carbocycles. The van der Waals surface area contributed by atoms with E-state index in [4.69, 9.17) is 0 Å². The smallest absolute Gasteiger partial charge is 0.242 e. The fourth-order valence-electron chi connectivity index (χ4n) is 3.99. The average molecular weight is 358 g/mol. The van der Waals surface area contributed by atoms with Crippen LogP contribution in [-0.4, -0.2) is 52.3 Å². The largest absolute Gasteiger partial charge is 0.508 e. The van der Waals surface area contributed by atoms with Gasteiger partial charge >= 0.3 is 0 Å². The number of aromatic hydroxyl groups is 1. The number of fused-ring (bicyclic) bond motifs is 1. The summed E-state index contributed by atoms with van der Waals surface area (Å²) in [4.78, 5) is 40.4. The van der Waals surface area contributed by atoms with Gasteiger partial charge in [0.2, 0.25) is 17.7 Å². The van der Waals surface area contributed by atoms with E-state index in [9.17, 15) is 19.5 Å². The Morgan fingerprint density at radius 3 is 2.23 bits per heavy atom. The first kappa shape index (κ1) is 18.4. The van der Waals surface area contributed by atoms with Crippen molar-refractivity contribution in [3.05, 3.63) is 29.8 Å². The van der Waals surface area contributed by atoms with E-state index in [0.29, 0.717) is 6.42 Å². The quantitative estimate of drug-likeness (QED) is 0.816. The molecule has 1 heterocycles. The number of phenolic OH excluding ortho intramolecular Hbond substituents is 1. The Kier molecular flexibility index (Phi) is 5.30. The second kappa shape index (κ2) is 7.48. The van der Waals surface area contributed by atoms with Crippen LogP contribution in [0.2, 0.25) is 0 Å². The molecular formula is C20H26N2O4. The first-order valence-corrected chi connectivity index (χ1v) is 9.27. The zero-order chi connectivity index (χ0) is 18.8. The van der Waals surface area contributed by atoms with E-state index in [1.54, 1.807) is 24.1 Å². The Bertz CT molecular complexity index is 676. The molecule has 2 aliphatic rings. The zero-order valence-corrected chi connectivity index (χ0v) is 15.4. The molecule has 3 unspecified atom stereocenters. The Morgan fingerprint density at radius 2 is 1.69 bits per heavy atom. The van der Waals surface area contributed by atoms with Crippen molar-refractivity contribution < 1.29 is 19.5 Å². The predicted molar refractivity (Wildman–Crippen MR) is 96.2 cm³/mol. The maximum absolute atomic E-state index is 12.6. The molecule has 1 N–H and O–H groups in total. The van der Waals surface area contributed by atoms with Gasteiger partial charge in [0.1, 0.15) is 12.3 Å². The molecule has 6 heteroatoms. The highest BCUT2D eigenvalue weighted by molar-refractivity contribution is 6.07. The van der Waals surface area contributed by atoms with Crippen molar-refractivity contribution in [3.63, 3.8) is 0 Å². The summed E-state index contributed by atoms with van der Waals surface area (Å²) in [6.07, 6.45) is 4.10. The van der Waals surface area contributed by atoms with Crippen LogP contribution in [-0.2, 0) is 20.8 Å². The van der Waals surface area contributed by atoms with Gasteiger partial charge in [0.15, 0.2) is 0 Å². The van der Waals surface area contributed by atoms with Crippen LogP contribution in [0, 0.1) is 11.8 Å². The zero-order valence-electron chi connectivity index (χ0n) is 15.4. The van der Waals surface area contributed by atoms with E-state index in [1.165, 1.54) is 4.90 Å². The second-order valence-corrected chi connectivity index (χ2v) is 7.48. The number of phenols is 1. The summed E-state index contributed by atoms with van der Waals surface area (Å²) < 4.78 is 0. The van der Waals surface area contributed by atoms with Crippen molar-refractivity contribution in [2.75, 3.05) is 13.6 Å². The molecule has 3 amide bonds. The lowest BCUT2D eigenvalue weighted by molar-refractivity contribution is -0.146. The van der Waals surface area contributed by atoms with Crippen molar-refractivity contribution in [2.45, 2.75) is 45.1 Å². The lowest BCUT2D eigenvalue weighted by Crippen LogP contribution is -2.45. The highest BCUT2D eigenvalue weighted by Crippen LogP contribution is 2.37. The Labute approximate surface area is 153 Å². The van der Waals surface area contributed by atoms with E-state index in [1.807, 2.05) is 19.1 Å². The van der Waals surface area contributed by atoms with Gasteiger partial charge < -0.3 is 10.0 Å². The van der Waals surface area contributed by atoms with Gasteiger partial charge in [0, 0.05) is 13.1 Å². The van der Waals surface area contributed by atoms with Crippen LogP contribution in [0.1, 0.15) is 38.2 Å². The van der Waals surface area contributed by atoms with Crippen molar-refractivity contribution >= 4 is 17.7 Å². The number of hydrogen-bond donors (Lipinski definition) is 1. The summed E-state index contributed by atoms with van der Waals surface area (Å²) in [7, 11) is 1.70. The molecule has 0 aromatic heterocycles. The maximum atomic E-state index is 12.6. The summed E-state index contributed by atoms with van der Waals surface area (Å²) in [6, 6.07) is 6.80. The molecule has 1 aromatic rings. The van der Waals surface area contributed by atoms with Gasteiger partial charge in [0.05, 0.1) is 11.8 Å². The predicted octanol–water partition coefficient (Wildman–Crippen LogP) is 1.96. The summed E-state index contributed by atoms with van der Waals surface area (Å²) in [5, 5.41) is 9.35. The van der Waals surface area contributed by atoms with Crippen LogP contribution in [0.4, 0.5) is 0 Å². The number of carbonyl (C=O) groups excluding carboxylic acids is 3. The average Bonchev–Trinajstić information content (AvgIpc) is 2.88. The van der Waals surface area contributed by atoms with E-state index in [0.717, 1.165) is 31.2 Å². The molecule has 26 heavy (non-hydrogen) atoms. The highest BCUT2D eigenvalue weighted by Gasteiger charge is 2.48. The van der Waals surface area contributed by atoms with Crippen molar-refractivity contribution in [1.82, 2.24) is 9.80 Å². The SMILES string of the molecule is CC(Cc1ccc(O)cc1)N(C)C(=O)CN1C(=O)C2CCCCC2C1=O. The molecule has 0 radical (unpaired) electrons. The fourth-order valence-corrected chi connectivity index (χ4v) is 3.99. The monoisotopic (exact) mass is 358 g/mol. The van der Waals surface area contributed by atoms with Gasteiger partial charge in [-0.15, -0.1) is 0 Å². The maximum Gasteiger partial charge on any atom is 0.242 e. The minimum atomic E-state index is -0.225. The number of likely N-dealkylation sites (tertiary alicyclic amines) is 1. The van der Waals surface area contributed by atoms with Crippen molar-refractivity contribution in [1.29, 1.82) is 0 Å². The molecule has 3 atom stereocenters. The van der Waals surface area contributed by atoms with E-state index >= 15 is 0 Å². The molecule has 1 aliphatic carbocycles. The second-order valence-electron chi connectivity index (χ2n) is 7.48. The summed E-state index contributed by atoms with van der Waals surface area (Å²) in [6.45, 7) is 1.76. The van der Waals surface area contributed by atoms with E-state index < -0.39 is 0 Å². The summed E-state index contributed by atoms with van der Waals surface area (Å²) in [5.41, 5.74) is 1.01. The van der Waals surface area contributed by atoms with Crippen LogP contribution in [0.25, 0.3) is 0 Å². The minimum Gasteiger partial charge on any atom is -0.508 e. The molecule has 0 spiro atoms. The number of hydrogen-bond acceptors (Lipinski definition) is 4. The van der Waals surface area contributed by atoms with Gasteiger partial charge in [-0.05, 0) is 43.9 Å². The van der Waals surface area contributed by atoms with Crippen LogP contribution < -0.4 is 0 Å². The topological polar surface area (TPSA) is 77.9 Å². The third kappa shape index (κ3) is 3.59. The molecule has 2 fully saturated rings. The van der Waals surface area contributed by atoms with Crippen LogP contribution >= 0.6 is 0 Å². The van der Waals surface area contributed by atoms with Crippen LogP contribution in [0.15, 0.2) is 24.3 Å². The molecule has 140 valence electrons. The number of carbonyl (C=O) groups is 3. The number of rotatable bonds is 5. The van der Waals surface area contributed by atoms with Crippen LogP contribution in [0.3, 0.4) is 0 Å². The number of benzene rings is 1. The standard InChI is InChI=1S/C20H26N2O4/c1-13(11-14-7-9-15(23)10-8-14)21(2)18(24)12-22-19(25)16-5-3-4-6-17(16)20(22)26/h7-10,13,16-17,23H,3-6,11-12H2,1-2H3. The molecule has 6 nitrogen and oxygen atoms in total. The Morgan fingerprint density at radius 1 is 1.15 bits per heavy atom. The molecule has 0 bridgehead atoms.